The van der Waals surface area contributed by atoms with Gasteiger partial charge in [0.1, 0.15) is 12.1 Å². The quantitative estimate of drug-likeness (QED) is 0.486. The lowest BCUT2D eigenvalue weighted by atomic mass is 10.1. The summed E-state index contributed by atoms with van der Waals surface area (Å²) < 4.78 is 8.17. The highest BCUT2D eigenvalue weighted by molar-refractivity contribution is 9.10. The molecule has 0 atom stereocenters. The molecule has 2 heterocycles. The normalized spacial score (nSPS) is 10.8. The van der Waals surface area contributed by atoms with Gasteiger partial charge in [0.05, 0.1) is 5.69 Å². The number of carbonyl (C=O) groups excluding carboxylic acids is 1. The second-order valence-corrected chi connectivity index (χ2v) is 6.08. The molecule has 4 aromatic rings. The van der Waals surface area contributed by atoms with Crippen molar-refractivity contribution in [1.29, 1.82) is 0 Å². The molecule has 122 valence electrons. The van der Waals surface area contributed by atoms with Crippen LogP contribution in [0, 0.1) is 0 Å². The second-order valence-electron chi connectivity index (χ2n) is 5.22. The Kier molecular flexibility index (Phi) is 3.99. The third-order valence-electron chi connectivity index (χ3n) is 3.61. The minimum Gasteiger partial charge on any atom is -0.439 e. The summed E-state index contributed by atoms with van der Waals surface area (Å²) in [5, 5.41) is 4.15. The van der Waals surface area contributed by atoms with Gasteiger partial charge in [0, 0.05) is 21.7 Å². The molecule has 2 aromatic heterocycles. The molecule has 0 saturated carbocycles. The zero-order valence-corrected chi connectivity index (χ0v) is 14.4. The smallest absolute Gasteiger partial charge is 0.255 e. The van der Waals surface area contributed by atoms with Crippen LogP contribution in [0.5, 0.6) is 11.6 Å². The molecule has 6 nitrogen and oxygen atoms in total. The Labute approximate surface area is 151 Å². The van der Waals surface area contributed by atoms with Crippen molar-refractivity contribution in [2.75, 3.05) is 0 Å². The fourth-order valence-corrected chi connectivity index (χ4v) is 2.75. The van der Waals surface area contributed by atoms with Crippen LogP contribution in [0.3, 0.4) is 0 Å². The first kappa shape index (κ1) is 15.5. The van der Waals surface area contributed by atoms with Gasteiger partial charge in [-0.1, -0.05) is 46.3 Å². The lowest BCUT2D eigenvalue weighted by molar-refractivity contribution is 0.112. The average Bonchev–Trinajstić information content (AvgIpc) is 3.13. The first-order valence-corrected chi connectivity index (χ1v) is 8.23. The molecule has 25 heavy (non-hydrogen) atoms. The van der Waals surface area contributed by atoms with E-state index < -0.39 is 0 Å². The molecule has 0 fully saturated rings. The maximum absolute atomic E-state index is 11.1. The van der Waals surface area contributed by atoms with Crippen molar-refractivity contribution >= 4 is 28.0 Å². The molecule has 2 aromatic carbocycles. The third-order valence-corrected chi connectivity index (χ3v) is 4.33. The van der Waals surface area contributed by atoms with Crippen LogP contribution >= 0.6 is 15.9 Å². The number of halogens is 1. The van der Waals surface area contributed by atoms with Crippen LogP contribution in [0.15, 0.2) is 65.4 Å². The van der Waals surface area contributed by atoms with Crippen molar-refractivity contribution in [3.63, 3.8) is 0 Å². The van der Waals surface area contributed by atoms with E-state index in [1.54, 1.807) is 24.3 Å². The van der Waals surface area contributed by atoms with Crippen molar-refractivity contribution in [3.8, 4) is 22.9 Å². The molecule has 0 amide bonds. The number of fused-ring (bicyclic) bond motifs is 1. The van der Waals surface area contributed by atoms with Gasteiger partial charge in [-0.15, -0.1) is 0 Å². The number of aldehydes is 1. The van der Waals surface area contributed by atoms with Gasteiger partial charge < -0.3 is 4.74 Å². The summed E-state index contributed by atoms with van der Waals surface area (Å²) in [4.78, 5) is 19.8. The van der Waals surface area contributed by atoms with Crippen LogP contribution in [0.25, 0.3) is 17.0 Å². The van der Waals surface area contributed by atoms with Gasteiger partial charge in [0.25, 0.3) is 5.78 Å². The maximum Gasteiger partial charge on any atom is 0.255 e. The number of aromatic nitrogens is 4. The highest BCUT2D eigenvalue weighted by Gasteiger charge is 2.12. The molecule has 0 N–H and O–H groups in total. The van der Waals surface area contributed by atoms with Crippen molar-refractivity contribution in [1.82, 2.24) is 19.6 Å². The summed E-state index contributed by atoms with van der Waals surface area (Å²) in [5.74, 6) is 1.41. The summed E-state index contributed by atoms with van der Waals surface area (Å²) in [7, 11) is 0. The van der Waals surface area contributed by atoms with E-state index in [4.69, 9.17) is 4.74 Å². The van der Waals surface area contributed by atoms with Crippen molar-refractivity contribution < 1.29 is 9.53 Å². The molecular weight excluding hydrogens is 384 g/mol. The molecule has 7 heteroatoms. The topological polar surface area (TPSA) is 69.4 Å². The Hall–Kier alpha value is -3.06. The minimum absolute atomic E-state index is 0.434. The molecule has 0 unspecified atom stereocenters. The minimum atomic E-state index is 0.434. The average molecular weight is 395 g/mol. The molecule has 0 radical (unpaired) electrons. The van der Waals surface area contributed by atoms with E-state index in [1.165, 1.54) is 10.8 Å². The second kappa shape index (κ2) is 6.45. The van der Waals surface area contributed by atoms with Crippen LogP contribution in [0.4, 0.5) is 0 Å². The van der Waals surface area contributed by atoms with Gasteiger partial charge >= 0.3 is 0 Å². The predicted octanol–water partition coefficient (Wildman–Crippen LogP) is 4.16. The molecule has 0 bridgehead atoms. The third kappa shape index (κ3) is 3.01. The lowest BCUT2D eigenvalue weighted by Crippen LogP contribution is -2.00. The molecule has 0 aliphatic heterocycles. The van der Waals surface area contributed by atoms with Gasteiger partial charge in [-0.05, 0) is 18.2 Å². The number of rotatable bonds is 4. The van der Waals surface area contributed by atoms with Crippen LogP contribution in [0.2, 0.25) is 0 Å². The molecular formula is C18H11BrN4O2. The Balaban J connectivity index is 1.81. The van der Waals surface area contributed by atoms with Gasteiger partial charge in [-0.25, -0.2) is 4.98 Å². The largest absolute Gasteiger partial charge is 0.439 e. The molecule has 0 aliphatic carbocycles. The standard InChI is InChI=1S/C18H11BrN4O2/c19-15-7-6-14(8-13(15)10-24)25-17-9-16(12-4-2-1-3-5-12)22-18-20-11-21-23(17)18/h1-11H. The van der Waals surface area contributed by atoms with Crippen molar-refractivity contribution in [3.05, 3.63) is 71.0 Å². The highest BCUT2D eigenvalue weighted by Crippen LogP contribution is 2.28. The highest BCUT2D eigenvalue weighted by atomic mass is 79.9. The zero-order chi connectivity index (χ0) is 17.2. The summed E-state index contributed by atoms with van der Waals surface area (Å²) in [6.07, 6.45) is 2.19. The Morgan fingerprint density at radius 2 is 1.92 bits per heavy atom. The maximum atomic E-state index is 11.1. The fraction of sp³-hybridized carbons (Fsp3) is 0. The number of carbonyl (C=O) groups is 1. The molecule has 4 rings (SSSR count). The Bertz CT molecular complexity index is 1060. The molecule has 0 aliphatic rings. The van der Waals surface area contributed by atoms with Crippen LogP contribution in [0.1, 0.15) is 10.4 Å². The van der Waals surface area contributed by atoms with Crippen LogP contribution in [-0.2, 0) is 0 Å². The van der Waals surface area contributed by atoms with E-state index in [9.17, 15) is 4.79 Å². The van der Waals surface area contributed by atoms with Crippen molar-refractivity contribution in [2.45, 2.75) is 0 Å². The summed E-state index contributed by atoms with van der Waals surface area (Å²) >= 11 is 3.33. The van der Waals surface area contributed by atoms with E-state index in [0.29, 0.717) is 27.4 Å². The summed E-state index contributed by atoms with van der Waals surface area (Å²) in [6.45, 7) is 0. The lowest BCUT2D eigenvalue weighted by Gasteiger charge is -2.10. The monoisotopic (exact) mass is 394 g/mol. The van der Waals surface area contributed by atoms with E-state index in [1.807, 2.05) is 30.3 Å². The first-order valence-electron chi connectivity index (χ1n) is 7.43. The number of nitrogens with zero attached hydrogens (tertiary/aromatic N) is 4. The van der Waals surface area contributed by atoms with E-state index in [2.05, 4.69) is 31.0 Å². The van der Waals surface area contributed by atoms with Gasteiger partial charge in [-0.3, -0.25) is 4.79 Å². The van der Waals surface area contributed by atoms with Gasteiger partial charge in [0.15, 0.2) is 6.29 Å². The first-order chi connectivity index (χ1) is 12.2. The Morgan fingerprint density at radius 1 is 1.08 bits per heavy atom. The summed E-state index contributed by atoms with van der Waals surface area (Å²) in [6, 6.07) is 16.7. The van der Waals surface area contributed by atoms with E-state index in [0.717, 1.165) is 17.5 Å². The van der Waals surface area contributed by atoms with E-state index in [-0.39, 0.29) is 0 Å². The van der Waals surface area contributed by atoms with Crippen molar-refractivity contribution in [2.24, 2.45) is 0 Å². The number of benzene rings is 2. The molecule has 0 saturated heterocycles. The van der Waals surface area contributed by atoms with Crippen LogP contribution in [-0.4, -0.2) is 25.9 Å². The number of hydrogen-bond acceptors (Lipinski definition) is 5. The predicted molar refractivity (Wildman–Crippen MR) is 95.8 cm³/mol. The summed E-state index contributed by atoms with van der Waals surface area (Å²) in [5.41, 5.74) is 2.18. The van der Waals surface area contributed by atoms with Gasteiger partial charge in [-0.2, -0.15) is 14.6 Å². The van der Waals surface area contributed by atoms with Crippen LogP contribution < -0.4 is 4.74 Å². The zero-order valence-electron chi connectivity index (χ0n) is 12.8. The molecule has 0 spiro atoms. The number of hydrogen-bond donors (Lipinski definition) is 0. The van der Waals surface area contributed by atoms with E-state index >= 15 is 0 Å². The number of ether oxygens (including phenoxy) is 1. The Morgan fingerprint density at radius 3 is 2.72 bits per heavy atom. The fourth-order valence-electron chi connectivity index (χ4n) is 2.41. The SMILES string of the molecule is O=Cc1cc(Oc2cc(-c3ccccc3)nc3ncnn23)ccc1Br. The van der Waals surface area contributed by atoms with Gasteiger partial charge in [0.2, 0.25) is 5.88 Å².